The number of rotatable bonds is 1. The Balaban J connectivity index is 1.95. The highest BCUT2D eigenvalue weighted by Gasteiger charge is 2.22. The molecular weight excluding hydrogens is 242 g/mol. The molecule has 2 aromatic heterocycles. The highest BCUT2D eigenvalue weighted by molar-refractivity contribution is 5.47. The Morgan fingerprint density at radius 3 is 2.89 bits per heavy atom. The van der Waals surface area contributed by atoms with E-state index in [1.165, 1.54) is 0 Å². The average Bonchev–Trinajstić information content (AvgIpc) is 2.80. The van der Waals surface area contributed by atoms with Gasteiger partial charge >= 0.3 is 0 Å². The molecule has 0 atom stereocenters. The number of halogens is 2. The topological polar surface area (TPSA) is 72.9 Å². The molecule has 0 fully saturated rings. The van der Waals surface area contributed by atoms with Gasteiger partial charge in [-0.2, -0.15) is 0 Å². The van der Waals surface area contributed by atoms with Crippen molar-refractivity contribution in [2.45, 2.75) is 13.1 Å². The third-order valence-electron chi connectivity index (χ3n) is 2.88. The van der Waals surface area contributed by atoms with Crippen LogP contribution in [0.25, 0.3) is 0 Å². The summed E-state index contributed by atoms with van der Waals surface area (Å²) in [5.41, 5.74) is 5.36. The first-order chi connectivity index (χ1) is 8.65. The Morgan fingerprint density at radius 2 is 2.06 bits per heavy atom. The lowest BCUT2D eigenvalue weighted by atomic mass is 10.3. The molecule has 94 valence electrons. The summed E-state index contributed by atoms with van der Waals surface area (Å²) >= 11 is 0. The summed E-state index contributed by atoms with van der Waals surface area (Å²) in [5.74, 6) is -1.13. The Kier molecular flexibility index (Phi) is 2.35. The van der Waals surface area contributed by atoms with Gasteiger partial charge < -0.3 is 15.2 Å². The first kappa shape index (κ1) is 10.9. The van der Waals surface area contributed by atoms with Gasteiger partial charge in [0.2, 0.25) is 0 Å². The van der Waals surface area contributed by atoms with Gasteiger partial charge in [-0.15, -0.1) is 10.2 Å². The molecule has 0 aliphatic carbocycles. The van der Waals surface area contributed by atoms with E-state index in [4.69, 9.17) is 5.73 Å². The molecule has 1 aliphatic heterocycles. The van der Waals surface area contributed by atoms with Crippen molar-refractivity contribution in [1.29, 1.82) is 0 Å². The molecule has 2 N–H and O–H groups in total. The van der Waals surface area contributed by atoms with Crippen LogP contribution < -0.4 is 10.6 Å². The maximum Gasteiger partial charge on any atom is 0.168 e. The highest BCUT2D eigenvalue weighted by Crippen LogP contribution is 2.23. The van der Waals surface area contributed by atoms with Gasteiger partial charge in [0.1, 0.15) is 6.33 Å². The monoisotopic (exact) mass is 252 g/mol. The second kappa shape index (κ2) is 3.90. The predicted octanol–water partition coefficient (Wildman–Crippen LogP) is 0.554. The minimum absolute atomic E-state index is 0.0446. The van der Waals surface area contributed by atoms with E-state index in [1.54, 1.807) is 11.2 Å². The van der Waals surface area contributed by atoms with E-state index in [1.807, 2.05) is 4.57 Å². The van der Waals surface area contributed by atoms with Crippen molar-refractivity contribution in [3.63, 3.8) is 0 Å². The molecule has 18 heavy (non-hydrogen) atoms. The summed E-state index contributed by atoms with van der Waals surface area (Å²) in [5, 5.41) is 7.69. The molecule has 3 rings (SSSR count). The maximum atomic E-state index is 13.7. The molecule has 0 amide bonds. The lowest BCUT2D eigenvalue weighted by Crippen LogP contribution is -2.35. The van der Waals surface area contributed by atoms with Crippen LogP contribution in [0.5, 0.6) is 0 Å². The fourth-order valence-corrected chi connectivity index (χ4v) is 1.94. The number of anilines is 2. The summed E-state index contributed by atoms with van der Waals surface area (Å²) < 4.78 is 28.6. The van der Waals surface area contributed by atoms with Gasteiger partial charge in [-0.05, 0) is 0 Å². The number of fused-ring (bicyclic) bond motifs is 1. The zero-order chi connectivity index (χ0) is 12.7. The van der Waals surface area contributed by atoms with Crippen molar-refractivity contribution >= 4 is 11.6 Å². The number of pyridine rings is 1. The lowest BCUT2D eigenvalue weighted by molar-refractivity contribution is 0.529. The minimum atomic E-state index is -0.851. The SMILES string of the molecule is Nc1nc(N2CCn3cnnc3C2)c(F)cc1F. The Hall–Kier alpha value is -2.25. The van der Waals surface area contributed by atoms with Gasteiger partial charge in [-0.1, -0.05) is 0 Å². The van der Waals surface area contributed by atoms with E-state index in [-0.39, 0.29) is 11.6 Å². The molecule has 1 aliphatic rings. The number of hydrogen-bond acceptors (Lipinski definition) is 5. The van der Waals surface area contributed by atoms with Gasteiger partial charge in [-0.25, -0.2) is 13.8 Å². The molecule has 0 aromatic carbocycles. The van der Waals surface area contributed by atoms with Crippen LogP contribution in [0.1, 0.15) is 5.82 Å². The molecule has 0 spiro atoms. The predicted molar refractivity (Wildman–Crippen MR) is 59.6 cm³/mol. The van der Waals surface area contributed by atoms with E-state index in [2.05, 4.69) is 15.2 Å². The van der Waals surface area contributed by atoms with Crippen molar-refractivity contribution in [1.82, 2.24) is 19.7 Å². The first-order valence-electron chi connectivity index (χ1n) is 5.38. The molecule has 0 saturated carbocycles. The fourth-order valence-electron chi connectivity index (χ4n) is 1.94. The Bertz CT molecular complexity index is 596. The summed E-state index contributed by atoms with van der Waals surface area (Å²) in [6.45, 7) is 1.54. The zero-order valence-electron chi connectivity index (χ0n) is 9.35. The first-order valence-corrected chi connectivity index (χ1v) is 5.38. The van der Waals surface area contributed by atoms with E-state index in [0.717, 1.165) is 6.07 Å². The summed E-state index contributed by atoms with van der Waals surface area (Å²) in [4.78, 5) is 5.41. The van der Waals surface area contributed by atoms with Gasteiger partial charge in [0.25, 0.3) is 0 Å². The molecule has 3 heterocycles. The van der Waals surface area contributed by atoms with Gasteiger partial charge in [0, 0.05) is 19.2 Å². The summed E-state index contributed by atoms with van der Waals surface area (Å²) in [7, 11) is 0. The fraction of sp³-hybridized carbons (Fsp3) is 0.300. The normalized spacial score (nSPS) is 14.7. The Morgan fingerprint density at radius 1 is 1.22 bits per heavy atom. The molecule has 0 bridgehead atoms. The van der Waals surface area contributed by atoms with E-state index < -0.39 is 11.6 Å². The third kappa shape index (κ3) is 1.66. The molecule has 0 unspecified atom stereocenters. The second-order valence-electron chi connectivity index (χ2n) is 4.02. The van der Waals surface area contributed by atoms with Crippen molar-refractivity contribution in [2.24, 2.45) is 0 Å². The summed E-state index contributed by atoms with van der Waals surface area (Å²) in [6.07, 6.45) is 1.62. The number of nitrogen functional groups attached to an aromatic ring is 1. The molecule has 0 radical (unpaired) electrons. The van der Waals surface area contributed by atoms with Crippen molar-refractivity contribution in [2.75, 3.05) is 17.2 Å². The smallest absolute Gasteiger partial charge is 0.168 e. The molecule has 8 heteroatoms. The largest absolute Gasteiger partial charge is 0.381 e. The maximum absolute atomic E-state index is 13.7. The van der Waals surface area contributed by atoms with E-state index >= 15 is 0 Å². The van der Waals surface area contributed by atoms with Gasteiger partial charge in [-0.3, -0.25) is 0 Å². The van der Waals surface area contributed by atoms with Crippen LogP contribution in [-0.2, 0) is 13.1 Å². The van der Waals surface area contributed by atoms with Gasteiger partial charge in [0.05, 0.1) is 6.54 Å². The quantitative estimate of drug-likeness (QED) is 0.802. The van der Waals surface area contributed by atoms with E-state index in [0.29, 0.717) is 25.5 Å². The van der Waals surface area contributed by atoms with Crippen LogP contribution in [0.4, 0.5) is 20.4 Å². The van der Waals surface area contributed by atoms with E-state index in [9.17, 15) is 8.78 Å². The standard InChI is InChI=1S/C10H10F2N6/c11-6-3-7(12)10(15-9(6)13)17-1-2-18-5-14-16-8(18)4-17/h3,5H,1-2,4H2,(H2,13,15). The van der Waals surface area contributed by atoms with Crippen molar-refractivity contribution in [3.05, 3.63) is 29.9 Å². The molecule has 6 nitrogen and oxygen atoms in total. The van der Waals surface area contributed by atoms with Crippen LogP contribution in [0.2, 0.25) is 0 Å². The van der Waals surface area contributed by atoms with Crippen LogP contribution in [-0.4, -0.2) is 26.3 Å². The average molecular weight is 252 g/mol. The highest BCUT2D eigenvalue weighted by atomic mass is 19.1. The lowest BCUT2D eigenvalue weighted by Gasteiger charge is -2.28. The number of aromatic nitrogens is 4. The minimum Gasteiger partial charge on any atom is -0.381 e. The third-order valence-corrected chi connectivity index (χ3v) is 2.88. The van der Waals surface area contributed by atoms with Crippen LogP contribution in [0, 0.1) is 11.6 Å². The molecule has 2 aromatic rings. The second-order valence-corrected chi connectivity index (χ2v) is 4.02. The van der Waals surface area contributed by atoms with Crippen LogP contribution >= 0.6 is 0 Å². The van der Waals surface area contributed by atoms with Crippen LogP contribution in [0.3, 0.4) is 0 Å². The van der Waals surface area contributed by atoms with Gasteiger partial charge in [0.15, 0.2) is 29.1 Å². The Labute approximate surface area is 101 Å². The zero-order valence-corrected chi connectivity index (χ0v) is 9.35. The number of nitrogens with zero attached hydrogens (tertiary/aromatic N) is 5. The van der Waals surface area contributed by atoms with Crippen molar-refractivity contribution in [3.8, 4) is 0 Å². The summed E-state index contributed by atoms with van der Waals surface area (Å²) in [6, 6.07) is 0.747. The number of hydrogen-bond donors (Lipinski definition) is 1. The van der Waals surface area contributed by atoms with Crippen molar-refractivity contribution < 1.29 is 8.78 Å². The van der Waals surface area contributed by atoms with Crippen LogP contribution in [0.15, 0.2) is 12.4 Å². The molecular formula is C10H10F2N6. The molecule has 0 saturated heterocycles. The number of nitrogens with two attached hydrogens (primary N) is 1.